The first-order chi connectivity index (χ1) is 23.4. The first-order valence-electron chi connectivity index (χ1n) is 16.5. The normalized spacial score (nSPS) is 11.9. The molecule has 0 aromatic heterocycles. The topological polar surface area (TPSA) is 49.7 Å². The number of benzene rings is 7. The van der Waals surface area contributed by atoms with Gasteiger partial charge < -0.3 is 14.9 Å². The molecule has 7 aromatic carbocycles. The summed E-state index contributed by atoms with van der Waals surface area (Å²) >= 11 is 2.35. The Balaban J connectivity index is 0.000000199. The van der Waals surface area contributed by atoms with E-state index in [2.05, 4.69) is 109 Å². The minimum absolute atomic E-state index is 0.0463. The molecule has 0 atom stereocenters. The summed E-state index contributed by atoms with van der Waals surface area (Å²) in [5.41, 5.74) is 7.33. The molecule has 0 bridgehead atoms. The van der Waals surface area contributed by atoms with Gasteiger partial charge in [0.1, 0.15) is 23.0 Å². The van der Waals surface area contributed by atoms with E-state index in [9.17, 15) is 10.2 Å². The molecule has 0 fully saturated rings. The van der Waals surface area contributed by atoms with Gasteiger partial charge in [-0.15, -0.1) is 0 Å². The fourth-order valence-electron chi connectivity index (χ4n) is 6.39. The molecule has 0 aliphatic carbocycles. The number of aromatic hydroxyl groups is 2. The predicted octanol–water partition coefficient (Wildman–Crippen LogP) is 12.8. The van der Waals surface area contributed by atoms with Crippen molar-refractivity contribution in [3.8, 4) is 34.1 Å². The van der Waals surface area contributed by atoms with Gasteiger partial charge in [-0.2, -0.15) is 0 Å². The smallest absolute Gasteiger partial charge is 0.132 e. The highest BCUT2D eigenvalue weighted by molar-refractivity contribution is 14.1. The summed E-state index contributed by atoms with van der Waals surface area (Å²) in [6.07, 6.45) is 0. The number of phenols is 2. The first-order valence-corrected chi connectivity index (χ1v) is 17.5. The van der Waals surface area contributed by atoms with Crippen molar-refractivity contribution < 1.29 is 14.9 Å². The fourth-order valence-corrected chi connectivity index (χ4v) is 6.96. The maximum atomic E-state index is 10.0. The highest BCUT2D eigenvalue weighted by atomic mass is 127. The molecule has 1 aliphatic heterocycles. The van der Waals surface area contributed by atoms with Crippen LogP contribution in [0.4, 0.5) is 0 Å². The molecule has 2 N–H and O–H groups in total. The molecule has 0 saturated carbocycles. The van der Waals surface area contributed by atoms with Crippen molar-refractivity contribution in [2.45, 2.75) is 39.5 Å². The molecule has 1 heterocycles. The zero-order valence-corrected chi connectivity index (χ0v) is 29.8. The van der Waals surface area contributed by atoms with E-state index in [1.165, 1.54) is 25.8 Å². The minimum atomic E-state index is -0.0463. The largest absolute Gasteiger partial charge is 0.508 e. The highest BCUT2D eigenvalue weighted by Gasteiger charge is 2.32. The lowest BCUT2D eigenvalue weighted by molar-refractivity contribution is 0.455. The van der Waals surface area contributed by atoms with Crippen LogP contribution in [0.2, 0.25) is 0 Å². The molecule has 1 aliphatic rings. The lowest BCUT2D eigenvalue weighted by atomic mass is 9.78. The Morgan fingerprint density at radius 2 is 1.10 bits per heavy atom. The third-order valence-corrected chi connectivity index (χ3v) is 9.34. The summed E-state index contributed by atoms with van der Waals surface area (Å²) in [6.45, 7) is 8.44. The first kappa shape index (κ1) is 33.1. The third-order valence-electron chi connectivity index (χ3n) is 8.67. The average molecular weight is 743 g/mol. The molecule has 3 nitrogen and oxygen atoms in total. The second kappa shape index (κ2) is 14.5. The number of fused-ring (bicyclic) bond motifs is 6. The van der Waals surface area contributed by atoms with Crippen LogP contribution in [0.3, 0.4) is 0 Å². The number of halogens is 1. The number of rotatable bonds is 3. The second-order valence-electron chi connectivity index (χ2n) is 12.0. The van der Waals surface area contributed by atoms with Crippen LogP contribution in [-0.2, 0) is 0 Å². The molecule has 48 heavy (non-hydrogen) atoms. The molecule has 0 radical (unpaired) electrons. The Bertz CT molecular complexity index is 2100. The van der Waals surface area contributed by atoms with Crippen LogP contribution in [0, 0.1) is 3.57 Å². The zero-order chi connectivity index (χ0) is 33.8. The van der Waals surface area contributed by atoms with Crippen molar-refractivity contribution >= 4 is 44.1 Å². The monoisotopic (exact) mass is 742 g/mol. The molecule has 0 spiro atoms. The van der Waals surface area contributed by atoms with E-state index >= 15 is 0 Å². The van der Waals surface area contributed by atoms with Crippen LogP contribution in [-0.4, -0.2) is 10.2 Å². The predicted molar refractivity (Wildman–Crippen MR) is 209 cm³/mol. The molecule has 0 unspecified atom stereocenters. The number of hydrogen-bond acceptors (Lipinski definition) is 3. The van der Waals surface area contributed by atoms with Crippen molar-refractivity contribution in [3.05, 3.63) is 165 Å². The molecule has 0 amide bonds. The van der Waals surface area contributed by atoms with Crippen LogP contribution < -0.4 is 4.74 Å². The van der Waals surface area contributed by atoms with Crippen molar-refractivity contribution in [1.82, 2.24) is 0 Å². The van der Waals surface area contributed by atoms with Crippen LogP contribution in [0.15, 0.2) is 140 Å². The summed E-state index contributed by atoms with van der Waals surface area (Å²) in [6, 6.07) is 46.8. The molecular weight excluding hydrogens is 703 g/mol. The second-order valence-corrected chi connectivity index (χ2v) is 13.2. The van der Waals surface area contributed by atoms with Crippen molar-refractivity contribution in [3.63, 3.8) is 0 Å². The van der Waals surface area contributed by atoms with Gasteiger partial charge in [-0.05, 0) is 121 Å². The SMILES string of the molecule is CC.CC(C)c1ccc(-c2ccccc2)cc1.Oc1ccc2c3c(ccc2c1)Oc1ccc2cc(O)ccc2c1C3c1cccc(I)c1. The van der Waals surface area contributed by atoms with E-state index in [1.807, 2.05) is 56.3 Å². The Hall–Kier alpha value is -4.81. The van der Waals surface area contributed by atoms with Gasteiger partial charge in [0.15, 0.2) is 0 Å². The number of phenolic OH excluding ortho intramolecular Hbond substituents is 2. The maximum absolute atomic E-state index is 10.0. The van der Waals surface area contributed by atoms with Crippen molar-refractivity contribution in [1.29, 1.82) is 0 Å². The Kier molecular flexibility index (Phi) is 10.0. The number of ether oxygens (including phenoxy) is 1. The molecular formula is C44H39IO3. The fraction of sp³-hybridized carbons (Fsp3) is 0.136. The van der Waals surface area contributed by atoms with Gasteiger partial charge >= 0.3 is 0 Å². The molecule has 7 aromatic rings. The van der Waals surface area contributed by atoms with Crippen LogP contribution in [0.25, 0.3) is 32.7 Å². The molecule has 4 heteroatoms. The van der Waals surface area contributed by atoms with Crippen LogP contribution in [0.5, 0.6) is 23.0 Å². The van der Waals surface area contributed by atoms with Gasteiger partial charge in [0.25, 0.3) is 0 Å². The number of hydrogen-bond donors (Lipinski definition) is 2. The summed E-state index contributed by atoms with van der Waals surface area (Å²) in [4.78, 5) is 0. The quantitative estimate of drug-likeness (QED) is 0.177. The zero-order valence-electron chi connectivity index (χ0n) is 27.6. The Labute approximate surface area is 296 Å². The summed E-state index contributed by atoms with van der Waals surface area (Å²) < 4.78 is 7.58. The maximum Gasteiger partial charge on any atom is 0.132 e. The third kappa shape index (κ3) is 6.76. The van der Waals surface area contributed by atoms with E-state index < -0.39 is 0 Å². The van der Waals surface area contributed by atoms with E-state index in [0.717, 1.165) is 44.2 Å². The van der Waals surface area contributed by atoms with Crippen molar-refractivity contribution in [2.75, 3.05) is 0 Å². The van der Waals surface area contributed by atoms with Gasteiger partial charge in [0.05, 0.1) is 0 Å². The molecule has 240 valence electrons. The van der Waals surface area contributed by atoms with E-state index in [-0.39, 0.29) is 17.4 Å². The van der Waals surface area contributed by atoms with Crippen LogP contribution in [0.1, 0.15) is 61.8 Å². The Morgan fingerprint density at radius 1 is 0.562 bits per heavy atom. The van der Waals surface area contributed by atoms with Gasteiger partial charge in [-0.1, -0.05) is 119 Å². The van der Waals surface area contributed by atoms with E-state index in [1.54, 1.807) is 24.3 Å². The average Bonchev–Trinajstić information content (AvgIpc) is 3.12. The summed E-state index contributed by atoms with van der Waals surface area (Å²) in [7, 11) is 0. The molecule has 8 rings (SSSR count). The summed E-state index contributed by atoms with van der Waals surface area (Å²) in [5, 5.41) is 24.1. The minimum Gasteiger partial charge on any atom is -0.508 e. The van der Waals surface area contributed by atoms with Crippen molar-refractivity contribution in [2.24, 2.45) is 0 Å². The van der Waals surface area contributed by atoms with Gasteiger partial charge in [-0.25, -0.2) is 0 Å². The lowest BCUT2D eigenvalue weighted by Gasteiger charge is -2.31. The van der Waals surface area contributed by atoms with E-state index in [4.69, 9.17) is 4.74 Å². The van der Waals surface area contributed by atoms with Gasteiger partial charge in [-0.3, -0.25) is 0 Å². The molecule has 0 saturated heterocycles. The van der Waals surface area contributed by atoms with Gasteiger partial charge in [0.2, 0.25) is 0 Å². The highest BCUT2D eigenvalue weighted by Crippen LogP contribution is 2.52. The Morgan fingerprint density at radius 3 is 1.62 bits per heavy atom. The lowest BCUT2D eigenvalue weighted by Crippen LogP contribution is -2.13. The van der Waals surface area contributed by atoms with Gasteiger partial charge in [0, 0.05) is 20.6 Å². The van der Waals surface area contributed by atoms with E-state index in [0.29, 0.717) is 5.92 Å². The summed E-state index contributed by atoms with van der Waals surface area (Å²) in [5.74, 6) is 2.71. The van der Waals surface area contributed by atoms with Crippen LogP contribution >= 0.6 is 22.6 Å². The standard InChI is InChI=1S/C27H17IO3.C15H16.C2H6/c28-18-3-1-2-17(12-18)25-26-21-8-6-19(29)13-15(21)4-10-23(26)31-24-11-5-16-14-20(30)7-9-22(16)27(24)25;1-12(2)13-8-10-15(11-9-13)14-6-4-3-5-7-14;1-2/h1-14,25,29-30H;3-12H,1-2H3;1-2H3.